The van der Waals surface area contributed by atoms with Gasteiger partial charge in [-0.2, -0.15) is 0 Å². The van der Waals surface area contributed by atoms with Crippen LogP contribution < -0.4 is 10.5 Å². The van der Waals surface area contributed by atoms with Gasteiger partial charge in [0.15, 0.2) is 0 Å². The Morgan fingerprint density at radius 3 is 2.44 bits per heavy atom. The Bertz CT molecular complexity index is 417. The second kappa shape index (κ2) is 6.26. The molecule has 0 saturated carbocycles. The highest BCUT2D eigenvalue weighted by molar-refractivity contribution is 5.95. The second-order valence-electron chi connectivity index (χ2n) is 4.60. The lowest BCUT2D eigenvalue weighted by Gasteiger charge is -2.14. The molecule has 0 bridgehead atoms. The van der Waals surface area contributed by atoms with Gasteiger partial charge in [0.1, 0.15) is 12.4 Å². The lowest BCUT2D eigenvalue weighted by molar-refractivity contribution is 0.0827. The zero-order valence-electron chi connectivity index (χ0n) is 11.4. The van der Waals surface area contributed by atoms with Gasteiger partial charge >= 0.3 is 0 Å². The van der Waals surface area contributed by atoms with E-state index in [-0.39, 0.29) is 5.91 Å². The van der Waals surface area contributed by atoms with E-state index in [0.29, 0.717) is 23.6 Å². The summed E-state index contributed by atoms with van der Waals surface area (Å²) in [6, 6.07) is 5.11. The first-order chi connectivity index (χ1) is 8.41. The van der Waals surface area contributed by atoms with Crippen molar-refractivity contribution >= 4 is 11.6 Å². The highest BCUT2D eigenvalue weighted by Crippen LogP contribution is 2.22. The summed E-state index contributed by atoms with van der Waals surface area (Å²) in [6.45, 7) is 1.38. The maximum atomic E-state index is 11.7. The summed E-state index contributed by atoms with van der Waals surface area (Å²) >= 11 is 0. The number of benzene rings is 1. The van der Waals surface area contributed by atoms with Gasteiger partial charge in [-0.1, -0.05) is 0 Å². The first kappa shape index (κ1) is 14.3. The van der Waals surface area contributed by atoms with Crippen LogP contribution in [0.25, 0.3) is 0 Å². The fourth-order valence-corrected chi connectivity index (χ4v) is 1.41. The van der Waals surface area contributed by atoms with Crippen LogP contribution >= 0.6 is 0 Å². The van der Waals surface area contributed by atoms with Crippen molar-refractivity contribution in [3.63, 3.8) is 0 Å². The molecule has 0 radical (unpaired) electrons. The average molecular weight is 251 g/mol. The molecule has 0 aliphatic carbocycles. The topological polar surface area (TPSA) is 58.8 Å². The minimum atomic E-state index is -0.0680. The van der Waals surface area contributed by atoms with Gasteiger partial charge in [0.05, 0.1) is 5.69 Å². The molecule has 2 N–H and O–H groups in total. The first-order valence-corrected chi connectivity index (χ1v) is 5.80. The number of carbonyl (C=O) groups is 1. The van der Waals surface area contributed by atoms with Crippen molar-refractivity contribution < 1.29 is 9.53 Å². The van der Waals surface area contributed by atoms with Crippen molar-refractivity contribution in [3.8, 4) is 5.75 Å². The number of hydrogen-bond acceptors (Lipinski definition) is 4. The summed E-state index contributed by atoms with van der Waals surface area (Å²) in [5.74, 6) is 0.550. The predicted molar refractivity (Wildman–Crippen MR) is 72.9 cm³/mol. The SMILES string of the molecule is CN(C)CCOc1ccc(C(=O)N(C)C)cc1N. The molecular formula is C13H21N3O2. The average Bonchev–Trinajstić information content (AvgIpc) is 2.29. The normalized spacial score (nSPS) is 10.5. The largest absolute Gasteiger partial charge is 0.490 e. The molecule has 0 fully saturated rings. The van der Waals surface area contributed by atoms with E-state index in [9.17, 15) is 4.79 Å². The summed E-state index contributed by atoms with van der Waals surface area (Å²) in [7, 11) is 7.37. The van der Waals surface area contributed by atoms with Gasteiger partial charge < -0.3 is 20.3 Å². The number of rotatable bonds is 5. The van der Waals surface area contributed by atoms with Crippen LogP contribution in [0.5, 0.6) is 5.75 Å². The Morgan fingerprint density at radius 1 is 1.28 bits per heavy atom. The number of hydrogen-bond donors (Lipinski definition) is 1. The first-order valence-electron chi connectivity index (χ1n) is 5.80. The van der Waals surface area contributed by atoms with E-state index >= 15 is 0 Å². The molecule has 0 unspecified atom stereocenters. The van der Waals surface area contributed by atoms with Crippen molar-refractivity contribution in [2.45, 2.75) is 0 Å². The molecule has 0 saturated heterocycles. The number of nitrogen functional groups attached to an aromatic ring is 1. The van der Waals surface area contributed by atoms with Crippen LogP contribution in [0.3, 0.4) is 0 Å². The van der Waals surface area contributed by atoms with Crippen LogP contribution in [-0.2, 0) is 0 Å². The molecule has 0 heterocycles. The lowest BCUT2D eigenvalue weighted by atomic mass is 10.1. The number of nitrogens with zero attached hydrogens (tertiary/aromatic N) is 2. The zero-order chi connectivity index (χ0) is 13.7. The van der Waals surface area contributed by atoms with Crippen molar-refractivity contribution in [2.75, 3.05) is 47.1 Å². The van der Waals surface area contributed by atoms with Gasteiger partial charge in [0.2, 0.25) is 0 Å². The molecule has 0 atom stereocenters. The maximum absolute atomic E-state index is 11.7. The van der Waals surface area contributed by atoms with E-state index < -0.39 is 0 Å². The van der Waals surface area contributed by atoms with Crippen molar-refractivity contribution in [1.29, 1.82) is 0 Å². The van der Waals surface area contributed by atoms with Crippen molar-refractivity contribution in [2.24, 2.45) is 0 Å². The molecule has 1 aromatic rings. The van der Waals surface area contributed by atoms with Crippen molar-refractivity contribution in [3.05, 3.63) is 23.8 Å². The maximum Gasteiger partial charge on any atom is 0.253 e. The molecule has 0 aliphatic heterocycles. The van der Waals surface area contributed by atoms with E-state index in [1.54, 1.807) is 32.3 Å². The Labute approximate surface area is 108 Å². The van der Waals surface area contributed by atoms with Crippen LogP contribution in [0.15, 0.2) is 18.2 Å². The Balaban J connectivity index is 2.71. The third-order valence-corrected chi connectivity index (χ3v) is 2.46. The highest BCUT2D eigenvalue weighted by atomic mass is 16.5. The summed E-state index contributed by atoms with van der Waals surface area (Å²) in [5, 5.41) is 0. The van der Waals surface area contributed by atoms with Gasteiger partial charge in [-0.15, -0.1) is 0 Å². The number of amides is 1. The number of anilines is 1. The summed E-state index contributed by atoms with van der Waals surface area (Å²) in [6.07, 6.45) is 0. The summed E-state index contributed by atoms with van der Waals surface area (Å²) in [4.78, 5) is 15.3. The molecule has 0 aliphatic rings. The lowest BCUT2D eigenvalue weighted by Crippen LogP contribution is -2.22. The monoisotopic (exact) mass is 251 g/mol. The number of ether oxygens (including phenoxy) is 1. The molecule has 0 aromatic heterocycles. The highest BCUT2D eigenvalue weighted by Gasteiger charge is 2.10. The molecule has 18 heavy (non-hydrogen) atoms. The van der Waals surface area contributed by atoms with E-state index in [4.69, 9.17) is 10.5 Å². The number of carbonyl (C=O) groups excluding carboxylic acids is 1. The van der Waals surface area contributed by atoms with Gasteiger partial charge in [-0.25, -0.2) is 0 Å². The summed E-state index contributed by atoms with van der Waals surface area (Å²) in [5.41, 5.74) is 6.92. The van der Waals surface area contributed by atoms with E-state index in [1.165, 1.54) is 4.90 Å². The van der Waals surface area contributed by atoms with Gasteiger partial charge in [-0.05, 0) is 32.3 Å². The molecule has 1 aromatic carbocycles. The fourth-order valence-electron chi connectivity index (χ4n) is 1.41. The fraction of sp³-hybridized carbons (Fsp3) is 0.462. The molecular weight excluding hydrogens is 230 g/mol. The zero-order valence-corrected chi connectivity index (χ0v) is 11.4. The van der Waals surface area contributed by atoms with Crippen LogP contribution in [-0.4, -0.2) is 57.0 Å². The van der Waals surface area contributed by atoms with E-state index in [2.05, 4.69) is 0 Å². The molecule has 5 heteroatoms. The molecule has 100 valence electrons. The number of nitrogens with two attached hydrogens (primary N) is 1. The third-order valence-electron chi connectivity index (χ3n) is 2.46. The van der Waals surface area contributed by atoms with Crippen molar-refractivity contribution in [1.82, 2.24) is 9.80 Å². The Morgan fingerprint density at radius 2 is 1.94 bits per heavy atom. The van der Waals surface area contributed by atoms with Crippen LogP contribution in [0.1, 0.15) is 10.4 Å². The minimum absolute atomic E-state index is 0.0680. The quantitative estimate of drug-likeness (QED) is 0.790. The Hall–Kier alpha value is -1.75. The van der Waals surface area contributed by atoms with Gasteiger partial charge in [-0.3, -0.25) is 4.79 Å². The minimum Gasteiger partial charge on any atom is -0.490 e. The molecule has 1 rings (SSSR count). The van der Waals surface area contributed by atoms with E-state index in [1.807, 2.05) is 19.0 Å². The van der Waals surface area contributed by atoms with Crippen LogP contribution in [0.4, 0.5) is 5.69 Å². The predicted octanol–water partition coefficient (Wildman–Crippen LogP) is 0.911. The van der Waals surface area contributed by atoms with Crippen LogP contribution in [0, 0.1) is 0 Å². The molecule has 5 nitrogen and oxygen atoms in total. The second-order valence-corrected chi connectivity index (χ2v) is 4.60. The molecule has 0 spiro atoms. The Kier molecular flexibility index (Phi) is 4.97. The standard InChI is InChI=1S/C13H21N3O2/c1-15(2)7-8-18-12-6-5-10(9-11(12)14)13(17)16(3)4/h5-6,9H,7-8,14H2,1-4H3. The van der Waals surface area contributed by atoms with E-state index in [0.717, 1.165) is 6.54 Å². The number of likely N-dealkylation sites (N-methyl/N-ethyl adjacent to an activating group) is 1. The third kappa shape index (κ3) is 3.92. The smallest absolute Gasteiger partial charge is 0.253 e. The van der Waals surface area contributed by atoms with Gasteiger partial charge in [0.25, 0.3) is 5.91 Å². The van der Waals surface area contributed by atoms with Gasteiger partial charge in [0, 0.05) is 26.2 Å². The van der Waals surface area contributed by atoms with Crippen LogP contribution in [0.2, 0.25) is 0 Å². The summed E-state index contributed by atoms with van der Waals surface area (Å²) < 4.78 is 5.55. The molecule has 1 amide bonds.